The number of carbonyl (C=O) groups excluding carboxylic acids is 2. The van der Waals surface area contributed by atoms with Crippen molar-refractivity contribution in [3.8, 4) is 0 Å². The van der Waals surface area contributed by atoms with Crippen LogP contribution in [0.2, 0.25) is 0 Å². The molecule has 2 aromatic carbocycles. The number of nitrogens with zero attached hydrogens (tertiary/aromatic N) is 2. The minimum atomic E-state index is -3.57. The predicted octanol–water partition coefficient (Wildman–Crippen LogP) is 2.57. The molecule has 0 unspecified atom stereocenters. The molecule has 0 spiro atoms. The van der Waals surface area contributed by atoms with E-state index in [9.17, 15) is 18.0 Å². The highest BCUT2D eigenvalue weighted by Gasteiger charge is 2.30. The number of carbonyl (C=O) groups is 2. The van der Waals surface area contributed by atoms with E-state index in [0.717, 1.165) is 22.9 Å². The van der Waals surface area contributed by atoms with Gasteiger partial charge < -0.3 is 14.6 Å². The highest BCUT2D eigenvalue weighted by atomic mass is 32.2. The van der Waals surface area contributed by atoms with E-state index in [2.05, 4.69) is 4.98 Å². The van der Waals surface area contributed by atoms with Gasteiger partial charge in [-0.3, -0.25) is 9.59 Å². The fourth-order valence-corrected chi connectivity index (χ4v) is 5.43. The molecule has 1 aliphatic heterocycles. The zero-order chi connectivity index (χ0) is 23.3. The van der Waals surface area contributed by atoms with E-state index in [1.165, 1.54) is 9.21 Å². The first-order valence-electron chi connectivity index (χ1n) is 11.0. The molecule has 174 valence electrons. The largest absolute Gasteiger partial charge is 0.456 e. The van der Waals surface area contributed by atoms with Crippen molar-refractivity contribution in [2.75, 3.05) is 32.8 Å². The predicted molar refractivity (Wildman–Crippen MR) is 124 cm³/mol. The zero-order valence-corrected chi connectivity index (χ0v) is 19.1. The lowest BCUT2D eigenvalue weighted by Gasteiger charge is -2.33. The van der Waals surface area contributed by atoms with Crippen molar-refractivity contribution < 1.29 is 22.7 Å². The Bertz CT molecular complexity index is 1220. The van der Waals surface area contributed by atoms with Crippen LogP contribution in [0.5, 0.6) is 0 Å². The lowest BCUT2D eigenvalue weighted by molar-refractivity contribution is -0.152. The van der Waals surface area contributed by atoms with Gasteiger partial charge in [-0.25, -0.2) is 8.42 Å². The van der Waals surface area contributed by atoms with E-state index in [-0.39, 0.29) is 50.0 Å². The second-order valence-electron chi connectivity index (χ2n) is 7.97. The maximum atomic E-state index is 12.7. The van der Waals surface area contributed by atoms with Crippen LogP contribution in [0.1, 0.15) is 18.4 Å². The number of aryl methyl sites for hydroxylation is 1. The maximum Gasteiger partial charge on any atom is 0.306 e. The number of amides is 1. The lowest BCUT2D eigenvalue weighted by atomic mass is 10.1. The topological polar surface area (TPSA) is 99.8 Å². The molecule has 0 atom stereocenters. The van der Waals surface area contributed by atoms with Crippen LogP contribution in [-0.4, -0.2) is 67.3 Å². The van der Waals surface area contributed by atoms with Crippen molar-refractivity contribution in [1.29, 1.82) is 0 Å². The Balaban J connectivity index is 1.18. The van der Waals surface area contributed by atoms with Gasteiger partial charge in [-0.05, 0) is 36.6 Å². The summed E-state index contributed by atoms with van der Waals surface area (Å²) in [5, 5.41) is 1.15. The third-order valence-electron chi connectivity index (χ3n) is 5.83. The number of fused-ring (bicyclic) bond motifs is 1. The number of benzene rings is 2. The van der Waals surface area contributed by atoms with Gasteiger partial charge in [0.2, 0.25) is 10.0 Å². The fraction of sp³-hybridized carbons (Fsp3) is 0.333. The first kappa shape index (κ1) is 23.0. The quantitative estimate of drug-likeness (QED) is 0.511. The van der Waals surface area contributed by atoms with Gasteiger partial charge in [0.05, 0.1) is 4.90 Å². The fourth-order valence-electron chi connectivity index (χ4n) is 3.99. The average Bonchev–Trinajstić information content (AvgIpc) is 3.26. The molecule has 4 rings (SSSR count). The van der Waals surface area contributed by atoms with E-state index < -0.39 is 16.0 Å². The van der Waals surface area contributed by atoms with E-state index >= 15 is 0 Å². The molecule has 3 aromatic rings. The molecule has 33 heavy (non-hydrogen) atoms. The second kappa shape index (κ2) is 10.2. The number of ether oxygens (including phenoxy) is 1. The number of nitrogens with one attached hydrogen (secondary N) is 1. The Hall–Kier alpha value is -3.17. The summed E-state index contributed by atoms with van der Waals surface area (Å²) in [5.74, 6) is -0.717. The van der Waals surface area contributed by atoms with Gasteiger partial charge in [0, 0.05) is 49.7 Å². The van der Waals surface area contributed by atoms with Crippen LogP contribution >= 0.6 is 0 Å². The van der Waals surface area contributed by atoms with Crippen LogP contribution in [0.25, 0.3) is 10.9 Å². The number of piperazine rings is 1. The summed E-state index contributed by atoms with van der Waals surface area (Å²) in [6, 6.07) is 16.3. The number of aromatic amines is 1. The summed E-state index contributed by atoms with van der Waals surface area (Å²) in [6.45, 7) is 0.631. The molecule has 9 heteroatoms. The van der Waals surface area contributed by atoms with Gasteiger partial charge in [-0.2, -0.15) is 4.31 Å². The number of para-hydroxylation sites is 1. The molecule has 0 radical (unpaired) electrons. The summed E-state index contributed by atoms with van der Waals surface area (Å²) in [7, 11) is -3.57. The molecule has 1 fully saturated rings. The molecule has 0 aliphatic carbocycles. The number of aromatic nitrogens is 1. The van der Waals surface area contributed by atoms with Gasteiger partial charge in [0.25, 0.3) is 5.91 Å². The molecule has 1 saturated heterocycles. The first-order chi connectivity index (χ1) is 15.9. The highest BCUT2D eigenvalue weighted by Crippen LogP contribution is 2.20. The first-order valence-corrected chi connectivity index (χ1v) is 12.4. The monoisotopic (exact) mass is 469 g/mol. The molecule has 1 aromatic heterocycles. The molecule has 8 nitrogen and oxygen atoms in total. The van der Waals surface area contributed by atoms with E-state index in [0.29, 0.717) is 6.42 Å². The Kier molecular flexibility index (Phi) is 7.10. The van der Waals surface area contributed by atoms with Crippen molar-refractivity contribution in [3.63, 3.8) is 0 Å². The number of rotatable bonds is 8. The Morgan fingerprint density at radius 1 is 0.939 bits per heavy atom. The number of esters is 1. The van der Waals surface area contributed by atoms with Crippen LogP contribution in [-0.2, 0) is 30.8 Å². The van der Waals surface area contributed by atoms with Gasteiger partial charge >= 0.3 is 5.97 Å². The Morgan fingerprint density at radius 3 is 2.39 bits per heavy atom. The van der Waals surface area contributed by atoms with Crippen LogP contribution in [0, 0.1) is 0 Å². The third kappa shape index (κ3) is 5.43. The van der Waals surface area contributed by atoms with Gasteiger partial charge in [-0.1, -0.05) is 36.4 Å². The minimum absolute atomic E-state index is 0.210. The zero-order valence-electron chi connectivity index (χ0n) is 18.3. The Labute approximate surface area is 193 Å². The summed E-state index contributed by atoms with van der Waals surface area (Å²) >= 11 is 0. The smallest absolute Gasteiger partial charge is 0.306 e. The van der Waals surface area contributed by atoms with Crippen molar-refractivity contribution in [3.05, 3.63) is 66.4 Å². The third-order valence-corrected chi connectivity index (χ3v) is 7.74. The standard InChI is InChI=1S/C24H27N3O5S/c28-23(26-13-15-27(16-14-26)33(30,31)20-8-2-1-3-9-20)18-32-24(29)12-6-7-19-17-25-22-11-5-4-10-21(19)22/h1-5,8-11,17,25H,6-7,12-16,18H2. The van der Waals surface area contributed by atoms with E-state index in [4.69, 9.17) is 4.74 Å². The molecule has 1 amide bonds. The van der Waals surface area contributed by atoms with E-state index in [1.807, 2.05) is 30.5 Å². The summed E-state index contributed by atoms with van der Waals surface area (Å²) in [5.41, 5.74) is 2.22. The summed E-state index contributed by atoms with van der Waals surface area (Å²) in [4.78, 5) is 29.5. The van der Waals surface area contributed by atoms with E-state index in [1.54, 1.807) is 30.3 Å². The number of H-pyrrole nitrogens is 1. The summed E-state index contributed by atoms with van der Waals surface area (Å²) < 4.78 is 31.9. The SMILES string of the molecule is O=C(CCCc1c[nH]c2ccccc12)OCC(=O)N1CCN(S(=O)(=O)c2ccccc2)CC1. The van der Waals surface area contributed by atoms with Crippen molar-refractivity contribution >= 4 is 32.8 Å². The van der Waals surface area contributed by atoms with Gasteiger partial charge in [-0.15, -0.1) is 0 Å². The van der Waals surface area contributed by atoms with Crippen molar-refractivity contribution in [2.45, 2.75) is 24.2 Å². The number of hydrogen-bond acceptors (Lipinski definition) is 5. The second-order valence-corrected chi connectivity index (χ2v) is 9.91. The normalized spacial score (nSPS) is 15.0. The van der Waals surface area contributed by atoms with Crippen molar-refractivity contribution in [2.24, 2.45) is 0 Å². The van der Waals surface area contributed by atoms with Crippen LogP contribution in [0.3, 0.4) is 0 Å². The number of hydrogen-bond donors (Lipinski definition) is 1. The molecule has 1 aliphatic rings. The lowest BCUT2D eigenvalue weighted by Crippen LogP contribution is -2.51. The maximum absolute atomic E-state index is 12.7. The van der Waals surface area contributed by atoms with Gasteiger partial charge in [0.1, 0.15) is 0 Å². The summed E-state index contributed by atoms with van der Waals surface area (Å²) in [6.07, 6.45) is 3.56. The van der Waals surface area contributed by atoms with Crippen molar-refractivity contribution in [1.82, 2.24) is 14.2 Å². The Morgan fingerprint density at radius 2 is 1.64 bits per heavy atom. The van der Waals surface area contributed by atoms with Crippen LogP contribution in [0.15, 0.2) is 65.7 Å². The van der Waals surface area contributed by atoms with Crippen LogP contribution in [0.4, 0.5) is 0 Å². The van der Waals surface area contributed by atoms with Gasteiger partial charge in [0.15, 0.2) is 6.61 Å². The molecular weight excluding hydrogens is 442 g/mol. The average molecular weight is 470 g/mol. The van der Waals surface area contributed by atoms with Crippen LogP contribution < -0.4 is 0 Å². The highest BCUT2D eigenvalue weighted by molar-refractivity contribution is 7.89. The number of sulfonamides is 1. The molecule has 2 heterocycles. The molecule has 0 bridgehead atoms. The molecular formula is C24H27N3O5S. The molecule has 1 N–H and O–H groups in total. The molecule has 0 saturated carbocycles. The minimum Gasteiger partial charge on any atom is -0.456 e.